The molecule has 1 fully saturated rings. The molecule has 0 bridgehead atoms. The second kappa shape index (κ2) is 5.28. The van der Waals surface area contributed by atoms with Gasteiger partial charge in [0.1, 0.15) is 5.60 Å². The van der Waals surface area contributed by atoms with Crippen LogP contribution in [0.15, 0.2) is 18.2 Å². The van der Waals surface area contributed by atoms with Gasteiger partial charge in [0.2, 0.25) is 0 Å². The van der Waals surface area contributed by atoms with Crippen LogP contribution >= 0.6 is 0 Å². The lowest BCUT2D eigenvalue weighted by molar-refractivity contribution is 0.0527. The number of nitrogens with one attached hydrogen (secondary N) is 1. The van der Waals surface area contributed by atoms with Crippen LogP contribution in [0.2, 0.25) is 0 Å². The smallest absolute Gasteiger partial charge is 0.162 e. The molecular formula is C14H18N2O2. The highest BCUT2D eigenvalue weighted by Gasteiger charge is 2.29. The van der Waals surface area contributed by atoms with Crippen molar-refractivity contribution in [3.05, 3.63) is 23.8 Å². The van der Waals surface area contributed by atoms with Crippen LogP contribution in [0.1, 0.15) is 25.3 Å². The number of rotatable bonds is 3. The molecule has 0 aliphatic carbocycles. The Morgan fingerprint density at radius 1 is 1.28 bits per heavy atom. The van der Waals surface area contributed by atoms with Crippen LogP contribution in [0.25, 0.3) is 0 Å². The van der Waals surface area contributed by atoms with E-state index in [-0.39, 0.29) is 5.60 Å². The quantitative estimate of drug-likeness (QED) is 0.887. The highest BCUT2D eigenvalue weighted by Crippen LogP contribution is 2.33. The molecule has 0 aromatic heterocycles. The van der Waals surface area contributed by atoms with Gasteiger partial charge >= 0.3 is 0 Å². The minimum absolute atomic E-state index is 0.160. The summed E-state index contributed by atoms with van der Waals surface area (Å²) in [5.41, 5.74) is 0.418. The average Bonchev–Trinajstić information content (AvgIpc) is 2.39. The number of hydrogen-bond acceptors (Lipinski definition) is 4. The summed E-state index contributed by atoms with van der Waals surface area (Å²) >= 11 is 0. The summed E-state index contributed by atoms with van der Waals surface area (Å²) in [6.45, 7) is 4.05. The summed E-state index contributed by atoms with van der Waals surface area (Å²) in [5.74, 6) is 1.33. The van der Waals surface area contributed by atoms with E-state index in [2.05, 4.69) is 18.3 Å². The summed E-state index contributed by atoms with van der Waals surface area (Å²) < 4.78 is 11.4. The molecule has 1 aliphatic rings. The summed E-state index contributed by atoms with van der Waals surface area (Å²) in [6, 6.07) is 7.37. The van der Waals surface area contributed by atoms with E-state index in [0.29, 0.717) is 17.1 Å². The highest BCUT2D eigenvalue weighted by molar-refractivity contribution is 5.47. The molecule has 1 aromatic rings. The van der Waals surface area contributed by atoms with Gasteiger partial charge < -0.3 is 14.8 Å². The van der Waals surface area contributed by atoms with Gasteiger partial charge in [-0.2, -0.15) is 5.26 Å². The van der Waals surface area contributed by atoms with E-state index in [1.807, 2.05) is 6.07 Å². The molecule has 0 unspecified atom stereocenters. The maximum absolute atomic E-state index is 8.87. The van der Waals surface area contributed by atoms with Crippen molar-refractivity contribution in [1.29, 1.82) is 5.26 Å². The van der Waals surface area contributed by atoms with E-state index in [1.54, 1.807) is 19.2 Å². The second-order valence-electron chi connectivity index (χ2n) is 4.78. The molecule has 0 radical (unpaired) electrons. The Hall–Kier alpha value is -1.73. The van der Waals surface area contributed by atoms with Gasteiger partial charge in [-0.1, -0.05) is 0 Å². The van der Waals surface area contributed by atoms with Crippen LogP contribution in [-0.2, 0) is 0 Å². The van der Waals surface area contributed by atoms with Gasteiger partial charge in [-0.15, -0.1) is 0 Å². The number of hydrogen-bond donors (Lipinski definition) is 1. The standard InChI is InChI=1S/C14H18N2O2/c1-14(5-7-16-8-6-14)18-12-4-3-11(10-15)9-13(12)17-2/h3-4,9,16H,5-8H2,1-2H3. The van der Waals surface area contributed by atoms with Gasteiger partial charge in [-0.25, -0.2) is 0 Å². The molecule has 4 nitrogen and oxygen atoms in total. The summed E-state index contributed by atoms with van der Waals surface area (Å²) in [7, 11) is 1.59. The molecule has 2 rings (SSSR count). The Morgan fingerprint density at radius 3 is 2.61 bits per heavy atom. The van der Waals surface area contributed by atoms with Crippen molar-refractivity contribution >= 4 is 0 Å². The molecule has 4 heteroatoms. The van der Waals surface area contributed by atoms with Gasteiger partial charge in [0.15, 0.2) is 11.5 Å². The lowest BCUT2D eigenvalue weighted by Crippen LogP contribution is -2.43. The first-order valence-electron chi connectivity index (χ1n) is 6.15. The summed E-state index contributed by atoms with van der Waals surface area (Å²) in [4.78, 5) is 0. The maximum Gasteiger partial charge on any atom is 0.162 e. The zero-order valence-electron chi connectivity index (χ0n) is 10.8. The largest absolute Gasteiger partial charge is 0.493 e. The molecule has 1 aromatic carbocycles. The molecule has 0 atom stereocenters. The van der Waals surface area contributed by atoms with Gasteiger partial charge in [-0.05, 0) is 45.0 Å². The SMILES string of the molecule is COc1cc(C#N)ccc1OC1(C)CCNCC1. The fraction of sp³-hybridized carbons (Fsp3) is 0.500. The minimum atomic E-state index is -0.160. The van der Waals surface area contributed by atoms with Gasteiger partial charge in [-0.3, -0.25) is 0 Å². The monoisotopic (exact) mass is 246 g/mol. The van der Waals surface area contributed by atoms with Gasteiger partial charge in [0.05, 0.1) is 18.7 Å². The third-order valence-corrected chi connectivity index (χ3v) is 3.31. The van der Waals surface area contributed by atoms with Crippen LogP contribution in [0.5, 0.6) is 11.5 Å². The Morgan fingerprint density at radius 2 is 2.00 bits per heavy atom. The first-order chi connectivity index (χ1) is 8.67. The number of piperidine rings is 1. The molecule has 0 amide bonds. The van der Waals surface area contributed by atoms with Crippen molar-refractivity contribution in [2.45, 2.75) is 25.4 Å². The molecule has 0 spiro atoms. The fourth-order valence-corrected chi connectivity index (χ4v) is 2.14. The third-order valence-electron chi connectivity index (χ3n) is 3.31. The normalized spacial score (nSPS) is 17.8. The topological polar surface area (TPSA) is 54.3 Å². The van der Waals surface area contributed by atoms with Gasteiger partial charge in [0.25, 0.3) is 0 Å². The second-order valence-corrected chi connectivity index (χ2v) is 4.78. The van der Waals surface area contributed by atoms with Crippen LogP contribution in [0, 0.1) is 11.3 Å². The number of nitriles is 1. The molecule has 96 valence electrons. The van der Waals surface area contributed by atoms with E-state index in [1.165, 1.54) is 0 Å². The molecule has 1 saturated heterocycles. The summed E-state index contributed by atoms with van der Waals surface area (Å²) in [5, 5.41) is 12.2. The number of nitrogens with zero attached hydrogens (tertiary/aromatic N) is 1. The predicted molar refractivity (Wildman–Crippen MR) is 68.8 cm³/mol. The first-order valence-corrected chi connectivity index (χ1v) is 6.15. The van der Waals surface area contributed by atoms with E-state index in [0.717, 1.165) is 25.9 Å². The highest BCUT2D eigenvalue weighted by atomic mass is 16.5. The molecule has 0 saturated carbocycles. The molecule has 18 heavy (non-hydrogen) atoms. The molecule has 1 heterocycles. The van der Waals surface area contributed by atoms with Crippen molar-refractivity contribution in [3.8, 4) is 17.6 Å². The van der Waals surface area contributed by atoms with Crippen LogP contribution in [-0.4, -0.2) is 25.8 Å². The number of benzene rings is 1. The van der Waals surface area contributed by atoms with E-state index < -0.39 is 0 Å². The number of ether oxygens (including phenoxy) is 2. The van der Waals surface area contributed by atoms with Crippen LogP contribution in [0.3, 0.4) is 0 Å². The Balaban J connectivity index is 2.20. The Labute approximate surface area is 108 Å². The van der Waals surface area contributed by atoms with E-state index in [9.17, 15) is 0 Å². The predicted octanol–water partition coefficient (Wildman–Crippen LogP) is 2.09. The lowest BCUT2D eigenvalue weighted by atomic mass is 9.94. The number of methoxy groups -OCH3 is 1. The van der Waals surface area contributed by atoms with Crippen molar-refractivity contribution in [2.24, 2.45) is 0 Å². The average molecular weight is 246 g/mol. The van der Waals surface area contributed by atoms with E-state index >= 15 is 0 Å². The maximum atomic E-state index is 8.87. The minimum Gasteiger partial charge on any atom is -0.493 e. The van der Waals surface area contributed by atoms with Crippen LogP contribution < -0.4 is 14.8 Å². The van der Waals surface area contributed by atoms with Crippen molar-refractivity contribution in [3.63, 3.8) is 0 Å². The first kappa shape index (κ1) is 12.7. The molecular weight excluding hydrogens is 228 g/mol. The van der Waals surface area contributed by atoms with E-state index in [4.69, 9.17) is 14.7 Å². The Bertz CT molecular complexity index is 459. The zero-order valence-corrected chi connectivity index (χ0v) is 10.8. The lowest BCUT2D eigenvalue weighted by Gasteiger charge is -2.35. The van der Waals surface area contributed by atoms with Crippen molar-refractivity contribution in [2.75, 3.05) is 20.2 Å². The third kappa shape index (κ3) is 2.74. The summed E-state index contributed by atoms with van der Waals surface area (Å²) in [6.07, 6.45) is 1.94. The van der Waals surface area contributed by atoms with Crippen LogP contribution in [0.4, 0.5) is 0 Å². The van der Waals surface area contributed by atoms with Crippen molar-refractivity contribution in [1.82, 2.24) is 5.32 Å². The molecule has 1 N–H and O–H groups in total. The Kier molecular flexibility index (Phi) is 3.73. The molecule has 1 aliphatic heterocycles. The fourth-order valence-electron chi connectivity index (χ4n) is 2.14. The van der Waals surface area contributed by atoms with Gasteiger partial charge in [0, 0.05) is 6.07 Å². The van der Waals surface area contributed by atoms with Crippen molar-refractivity contribution < 1.29 is 9.47 Å². The zero-order chi connectivity index (χ0) is 13.0.